The van der Waals surface area contributed by atoms with Crippen LogP contribution in [0.3, 0.4) is 0 Å². The monoisotopic (exact) mass is 191 g/mol. The molecule has 0 saturated heterocycles. The molecule has 2 nitrogen and oxygen atoms in total. The molecule has 0 saturated carbocycles. The average Bonchev–Trinajstić information content (AvgIpc) is 2.42. The molecule has 0 spiro atoms. The van der Waals surface area contributed by atoms with E-state index in [-0.39, 0.29) is 11.6 Å². The van der Waals surface area contributed by atoms with Crippen LogP contribution in [0.2, 0.25) is 0 Å². The van der Waals surface area contributed by atoms with Gasteiger partial charge in [0, 0.05) is 16.6 Å². The second-order valence-corrected chi connectivity index (χ2v) is 3.34. The number of carbonyl (C=O) groups is 1. The number of fused-ring (bicyclic) bond motifs is 1. The molecule has 0 aliphatic carbocycles. The summed E-state index contributed by atoms with van der Waals surface area (Å²) < 4.78 is 13.3. The normalized spacial score (nSPS) is 10.8. The Bertz CT molecular complexity index is 513. The molecule has 3 heteroatoms. The van der Waals surface area contributed by atoms with Gasteiger partial charge in [-0.2, -0.15) is 0 Å². The number of Topliss-reactive ketones (excluding diaryl/α,β-unsaturated/α-hetero) is 1. The average molecular weight is 191 g/mol. The second-order valence-electron chi connectivity index (χ2n) is 3.34. The number of nitrogens with one attached hydrogen (secondary N) is 1. The van der Waals surface area contributed by atoms with Crippen LogP contribution in [0.25, 0.3) is 10.9 Å². The van der Waals surface area contributed by atoms with E-state index in [1.807, 2.05) is 0 Å². The smallest absolute Gasteiger partial charge is 0.162 e. The molecule has 0 atom stereocenters. The lowest BCUT2D eigenvalue weighted by atomic mass is 10.1. The van der Waals surface area contributed by atoms with Crippen LogP contribution in [-0.2, 0) is 0 Å². The van der Waals surface area contributed by atoms with Crippen molar-refractivity contribution < 1.29 is 9.18 Å². The minimum Gasteiger partial charge on any atom is -0.356 e. The van der Waals surface area contributed by atoms with E-state index in [0.29, 0.717) is 16.5 Å². The summed E-state index contributed by atoms with van der Waals surface area (Å²) in [4.78, 5) is 14.2. The number of hydrogen-bond donors (Lipinski definition) is 1. The van der Waals surface area contributed by atoms with E-state index in [4.69, 9.17) is 0 Å². The lowest BCUT2D eigenvalue weighted by Crippen LogP contribution is -1.92. The van der Waals surface area contributed by atoms with Crippen molar-refractivity contribution in [3.05, 3.63) is 35.3 Å². The zero-order valence-corrected chi connectivity index (χ0v) is 8.02. The molecule has 14 heavy (non-hydrogen) atoms. The largest absolute Gasteiger partial charge is 0.356 e. The topological polar surface area (TPSA) is 32.9 Å². The number of para-hydroxylation sites is 1. The van der Waals surface area contributed by atoms with Crippen LogP contribution >= 0.6 is 0 Å². The predicted octanol–water partition coefficient (Wildman–Crippen LogP) is 2.82. The van der Waals surface area contributed by atoms with E-state index in [1.165, 1.54) is 13.0 Å². The van der Waals surface area contributed by atoms with E-state index >= 15 is 0 Å². The van der Waals surface area contributed by atoms with Crippen LogP contribution in [0.5, 0.6) is 0 Å². The highest BCUT2D eigenvalue weighted by Gasteiger charge is 2.13. The third kappa shape index (κ3) is 1.13. The van der Waals surface area contributed by atoms with E-state index in [9.17, 15) is 9.18 Å². The van der Waals surface area contributed by atoms with Gasteiger partial charge < -0.3 is 4.98 Å². The molecule has 0 aliphatic rings. The highest BCUT2D eigenvalue weighted by molar-refractivity contribution is 6.08. The molecule has 1 heterocycles. The van der Waals surface area contributed by atoms with E-state index < -0.39 is 0 Å². The molecule has 1 N–H and O–H groups in total. The Morgan fingerprint density at radius 2 is 2.14 bits per heavy atom. The number of H-pyrrole nitrogens is 1. The Labute approximate surface area is 80.7 Å². The van der Waals surface area contributed by atoms with Gasteiger partial charge in [-0.1, -0.05) is 12.1 Å². The molecule has 0 radical (unpaired) electrons. The number of aromatic amines is 1. The Hall–Kier alpha value is -1.64. The van der Waals surface area contributed by atoms with Crippen molar-refractivity contribution in [2.24, 2.45) is 0 Å². The number of aryl methyl sites for hydroxylation is 1. The van der Waals surface area contributed by atoms with Crippen molar-refractivity contribution in [2.75, 3.05) is 0 Å². The first kappa shape index (κ1) is 8.94. The first-order valence-electron chi connectivity index (χ1n) is 4.39. The molecule has 1 aromatic heterocycles. The highest BCUT2D eigenvalue weighted by atomic mass is 19.1. The standard InChI is InChI=1S/C11H10FNO/c1-6-10(7(2)14)8-4-3-5-9(12)11(8)13-6/h3-5,13H,1-2H3. The number of hydrogen-bond acceptors (Lipinski definition) is 1. The minimum atomic E-state index is -0.321. The lowest BCUT2D eigenvalue weighted by Gasteiger charge is -1.94. The van der Waals surface area contributed by atoms with Gasteiger partial charge in [-0.05, 0) is 19.9 Å². The number of aromatic nitrogens is 1. The van der Waals surface area contributed by atoms with E-state index in [0.717, 1.165) is 5.69 Å². The molecule has 1 aromatic carbocycles. The maximum absolute atomic E-state index is 13.3. The quantitative estimate of drug-likeness (QED) is 0.691. The van der Waals surface area contributed by atoms with Gasteiger partial charge in [0.2, 0.25) is 0 Å². The van der Waals surface area contributed by atoms with Crippen LogP contribution in [0.4, 0.5) is 4.39 Å². The van der Waals surface area contributed by atoms with Gasteiger partial charge in [0.15, 0.2) is 5.78 Å². The zero-order chi connectivity index (χ0) is 10.3. The third-order valence-corrected chi connectivity index (χ3v) is 2.32. The second kappa shape index (κ2) is 2.94. The number of rotatable bonds is 1. The Balaban J connectivity index is 2.90. The molecular formula is C11H10FNO. The van der Waals surface area contributed by atoms with Crippen molar-refractivity contribution in [3.63, 3.8) is 0 Å². The third-order valence-electron chi connectivity index (χ3n) is 2.32. The van der Waals surface area contributed by atoms with E-state index in [2.05, 4.69) is 4.98 Å². The maximum Gasteiger partial charge on any atom is 0.162 e. The molecule has 72 valence electrons. The molecule has 0 bridgehead atoms. The first-order valence-corrected chi connectivity index (χ1v) is 4.39. The van der Waals surface area contributed by atoms with Crippen LogP contribution in [0.15, 0.2) is 18.2 Å². The Morgan fingerprint density at radius 3 is 2.79 bits per heavy atom. The summed E-state index contributed by atoms with van der Waals surface area (Å²) in [6.07, 6.45) is 0. The van der Waals surface area contributed by atoms with Gasteiger partial charge in [0.1, 0.15) is 5.82 Å². The fourth-order valence-corrected chi connectivity index (χ4v) is 1.77. The van der Waals surface area contributed by atoms with Crippen molar-refractivity contribution in [1.29, 1.82) is 0 Å². The zero-order valence-electron chi connectivity index (χ0n) is 8.02. The van der Waals surface area contributed by atoms with Gasteiger partial charge >= 0.3 is 0 Å². The summed E-state index contributed by atoms with van der Waals surface area (Å²) in [5.74, 6) is -0.363. The van der Waals surface area contributed by atoms with Gasteiger partial charge in [-0.15, -0.1) is 0 Å². The van der Waals surface area contributed by atoms with Crippen LogP contribution in [0, 0.1) is 12.7 Å². The van der Waals surface area contributed by atoms with Crippen LogP contribution in [-0.4, -0.2) is 10.8 Å². The fraction of sp³-hybridized carbons (Fsp3) is 0.182. The number of benzene rings is 1. The summed E-state index contributed by atoms with van der Waals surface area (Å²) in [7, 11) is 0. The number of halogens is 1. The van der Waals surface area contributed by atoms with E-state index in [1.54, 1.807) is 19.1 Å². The molecule has 2 aromatic rings. The molecule has 0 amide bonds. The molecule has 0 unspecified atom stereocenters. The summed E-state index contributed by atoms with van der Waals surface area (Å²) in [5.41, 5.74) is 1.72. The molecule has 2 rings (SSSR count). The van der Waals surface area contributed by atoms with Gasteiger partial charge in [0.05, 0.1) is 5.52 Å². The minimum absolute atomic E-state index is 0.0423. The Morgan fingerprint density at radius 1 is 1.43 bits per heavy atom. The highest BCUT2D eigenvalue weighted by Crippen LogP contribution is 2.24. The summed E-state index contributed by atoms with van der Waals surface area (Å²) in [6.45, 7) is 3.26. The summed E-state index contributed by atoms with van der Waals surface area (Å²) >= 11 is 0. The SMILES string of the molecule is CC(=O)c1c(C)[nH]c2c(F)cccc12. The maximum atomic E-state index is 13.3. The molecule has 0 aliphatic heterocycles. The van der Waals surface area contributed by atoms with Crippen LogP contribution in [0.1, 0.15) is 23.0 Å². The summed E-state index contributed by atoms with van der Waals surface area (Å²) in [6, 6.07) is 4.73. The lowest BCUT2D eigenvalue weighted by molar-refractivity contribution is 0.101. The van der Waals surface area contributed by atoms with Gasteiger partial charge in [-0.25, -0.2) is 4.39 Å². The van der Waals surface area contributed by atoms with Crippen LogP contribution < -0.4 is 0 Å². The fourth-order valence-electron chi connectivity index (χ4n) is 1.77. The first-order chi connectivity index (χ1) is 6.61. The van der Waals surface area contributed by atoms with Gasteiger partial charge in [-0.3, -0.25) is 4.79 Å². The summed E-state index contributed by atoms with van der Waals surface area (Å²) in [5, 5.41) is 0.662. The van der Waals surface area contributed by atoms with Crippen molar-refractivity contribution in [3.8, 4) is 0 Å². The van der Waals surface area contributed by atoms with Crippen molar-refractivity contribution in [2.45, 2.75) is 13.8 Å². The van der Waals surface area contributed by atoms with Crippen molar-refractivity contribution in [1.82, 2.24) is 4.98 Å². The molecular weight excluding hydrogens is 181 g/mol. The molecule has 0 fully saturated rings. The Kier molecular flexibility index (Phi) is 1.88. The van der Waals surface area contributed by atoms with Crippen molar-refractivity contribution >= 4 is 16.7 Å². The number of ketones is 1. The predicted molar refractivity (Wildman–Crippen MR) is 53.0 cm³/mol. The number of carbonyl (C=O) groups excluding carboxylic acids is 1. The van der Waals surface area contributed by atoms with Gasteiger partial charge in [0.25, 0.3) is 0 Å².